The Morgan fingerprint density at radius 1 is 1.25 bits per heavy atom. The Labute approximate surface area is 117 Å². The quantitative estimate of drug-likeness (QED) is 0.891. The van der Waals surface area contributed by atoms with Crippen LogP contribution in [0.1, 0.15) is 27.5 Å². The summed E-state index contributed by atoms with van der Waals surface area (Å²) in [6.07, 6.45) is 0. The van der Waals surface area contributed by atoms with Crippen LogP contribution in [0, 0.1) is 0 Å². The summed E-state index contributed by atoms with van der Waals surface area (Å²) < 4.78 is 5.62. The molecule has 0 bridgehead atoms. The van der Waals surface area contributed by atoms with Crippen LogP contribution in [0.25, 0.3) is 0 Å². The molecular weight excluding hydrogens is 252 g/mol. The Kier molecular flexibility index (Phi) is 3.39. The van der Waals surface area contributed by atoms with E-state index in [1.54, 1.807) is 6.07 Å². The minimum Gasteiger partial charge on any atom is -0.491 e. The lowest BCUT2D eigenvalue weighted by Crippen LogP contribution is -2.22. The van der Waals surface area contributed by atoms with Gasteiger partial charge in [-0.3, -0.25) is 4.79 Å². The molecule has 0 spiro atoms. The first kappa shape index (κ1) is 12.7. The second kappa shape index (κ2) is 5.35. The van der Waals surface area contributed by atoms with E-state index in [0.717, 1.165) is 11.3 Å². The number of benzene rings is 2. The highest BCUT2D eigenvalue weighted by Crippen LogP contribution is 2.31. The number of para-hydroxylation sites is 1. The molecule has 102 valence electrons. The lowest BCUT2D eigenvalue weighted by molar-refractivity contribution is 0.1000. The minimum absolute atomic E-state index is 0.184. The van der Waals surface area contributed by atoms with E-state index in [4.69, 9.17) is 10.5 Å². The summed E-state index contributed by atoms with van der Waals surface area (Å²) >= 11 is 0. The number of amides is 1. The number of primary amides is 1. The number of carbonyl (C=O) groups excluding carboxylic acids is 1. The highest BCUT2D eigenvalue weighted by Gasteiger charge is 2.22. The Morgan fingerprint density at radius 2 is 2.10 bits per heavy atom. The maximum Gasteiger partial charge on any atom is 0.248 e. The average molecular weight is 268 g/mol. The SMILES string of the molecule is NC(=O)c1cccc(CNC2COc3ccccc32)c1. The minimum atomic E-state index is -0.401. The first-order chi connectivity index (χ1) is 9.74. The molecule has 3 N–H and O–H groups in total. The molecule has 0 radical (unpaired) electrons. The Balaban J connectivity index is 1.69. The largest absolute Gasteiger partial charge is 0.491 e. The van der Waals surface area contributed by atoms with Crippen molar-refractivity contribution in [3.63, 3.8) is 0 Å². The normalized spacial score (nSPS) is 16.5. The van der Waals surface area contributed by atoms with Gasteiger partial charge < -0.3 is 15.8 Å². The summed E-state index contributed by atoms with van der Waals surface area (Å²) in [6, 6.07) is 15.6. The number of rotatable bonds is 4. The molecule has 0 aromatic heterocycles. The van der Waals surface area contributed by atoms with Crippen LogP contribution in [0.3, 0.4) is 0 Å². The van der Waals surface area contributed by atoms with E-state index in [0.29, 0.717) is 18.7 Å². The van der Waals surface area contributed by atoms with Crippen LogP contribution < -0.4 is 15.8 Å². The first-order valence-corrected chi connectivity index (χ1v) is 6.58. The van der Waals surface area contributed by atoms with Gasteiger partial charge in [-0.15, -0.1) is 0 Å². The van der Waals surface area contributed by atoms with Crippen LogP contribution in [0.5, 0.6) is 5.75 Å². The summed E-state index contributed by atoms with van der Waals surface area (Å²) in [5.41, 5.74) is 8.03. The molecule has 4 nitrogen and oxygen atoms in total. The van der Waals surface area contributed by atoms with Gasteiger partial charge in [-0.2, -0.15) is 0 Å². The molecule has 0 saturated carbocycles. The van der Waals surface area contributed by atoms with Crippen molar-refractivity contribution >= 4 is 5.91 Å². The molecule has 1 unspecified atom stereocenters. The van der Waals surface area contributed by atoms with Crippen LogP contribution >= 0.6 is 0 Å². The Hall–Kier alpha value is -2.33. The molecule has 2 aromatic rings. The molecule has 1 amide bonds. The molecule has 1 aliphatic heterocycles. The molecule has 1 aliphatic rings. The third-order valence-electron chi connectivity index (χ3n) is 3.46. The van der Waals surface area contributed by atoms with Gasteiger partial charge in [0, 0.05) is 17.7 Å². The number of nitrogens with one attached hydrogen (secondary N) is 1. The predicted octanol–water partition coefficient (Wildman–Crippen LogP) is 2.01. The van der Waals surface area contributed by atoms with Gasteiger partial charge in [0.1, 0.15) is 12.4 Å². The topological polar surface area (TPSA) is 64.4 Å². The Morgan fingerprint density at radius 3 is 2.95 bits per heavy atom. The molecular formula is C16H16N2O2. The fourth-order valence-corrected chi connectivity index (χ4v) is 2.41. The van der Waals surface area contributed by atoms with Gasteiger partial charge in [-0.05, 0) is 23.8 Å². The molecule has 4 heteroatoms. The van der Waals surface area contributed by atoms with Crippen LogP contribution in [0.2, 0.25) is 0 Å². The van der Waals surface area contributed by atoms with Crippen molar-refractivity contribution in [1.29, 1.82) is 0 Å². The molecule has 1 atom stereocenters. The summed E-state index contributed by atoms with van der Waals surface area (Å²) in [6.45, 7) is 1.30. The second-order valence-electron chi connectivity index (χ2n) is 4.85. The van der Waals surface area contributed by atoms with Crippen molar-refractivity contribution < 1.29 is 9.53 Å². The van der Waals surface area contributed by atoms with Crippen LogP contribution in [-0.2, 0) is 6.54 Å². The number of nitrogens with two attached hydrogens (primary N) is 1. The maximum absolute atomic E-state index is 11.2. The van der Waals surface area contributed by atoms with Gasteiger partial charge in [-0.1, -0.05) is 30.3 Å². The van der Waals surface area contributed by atoms with E-state index in [-0.39, 0.29) is 6.04 Å². The summed E-state index contributed by atoms with van der Waals surface area (Å²) in [5.74, 6) is 0.539. The molecule has 0 saturated heterocycles. The van der Waals surface area contributed by atoms with Crippen molar-refractivity contribution in [2.75, 3.05) is 6.61 Å². The van der Waals surface area contributed by atoms with E-state index in [1.807, 2.05) is 36.4 Å². The van der Waals surface area contributed by atoms with Gasteiger partial charge in [0.15, 0.2) is 0 Å². The van der Waals surface area contributed by atoms with Crippen molar-refractivity contribution in [2.24, 2.45) is 5.73 Å². The van der Waals surface area contributed by atoms with Gasteiger partial charge in [0.25, 0.3) is 0 Å². The molecule has 2 aromatic carbocycles. The van der Waals surface area contributed by atoms with E-state index < -0.39 is 5.91 Å². The third-order valence-corrected chi connectivity index (χ3v) is 3.46. The summed E-state index contributed by atoms with van der Waals surface area (Å²) in [5, 5.41) is 3.44. The Bertz CT molecular complexity index is 640. The van der Waals surface area contributed by atoms with Gasteiger partial charge in [-0.25, -0.2) is 0 Å². The first-order valence-electron chi connectivity index (χ1n) is 6.58. The van der Waals surface area contributed by atoms with Crippen molar-refractivity contribution in [2.45, 2.75) is 12.6 Å². The molecule has 0 aliphatic carbocycles. The van der Waals surface area contributed by atoms with Crippen molar-refractivity contribution in [1.82, 2.24) is 5.32 Å². The number of hydrogen-bond donors (Lipinski definition) is 2. The van der Waals surface area contributed by atoms with E-state index in [2.05, 4.69) is 11.4 Å². The number of ether oxygens (including phenoxy) is 1. The molecule has 3 rings (SSSR count). The standard InChI is InChI=1S/C16H16N2O2/c17-16(19)12-5-3-4-11(8-12)9-18-14-10-20-15-7-2-1-6-13(14)15/h1-8,14,18H,9-10H2,(H2,17,19). The average Bonchev–Trinajstić information content (AvgIpc) is 2.89. The molecule has 20 heavy (non-hydrogen) atoms. The van der Waals surface area contributed by atoms with E-state index >= 15 is 0 Å². The highest BCUT2D eigenvalue weighted by atomic mass is 16.5. The van der Waals surface area contributed by atoms with Crippen molar-refractivity contribution in [3.05, 3.63) is 65.2 Å². The van der Waals surface area contributed by atoms with Crippen LogP contribution in [0.15, 0.2) is 48.5 Å². The zero-order valence-corrected chi connectivity index (χ0v) is 11.0. The van der Waals surface area contributed by atoms with Crippen molar-refractivity contribution in [3.8, 4) is 5.75 Å². The zero-order valence-electron chi connectivity index (χ0n) is 11.0. The van der Waals surface area contributed by atoms with Gasteiger partial charge in [0.05, 0.1) is 6.04 Å². The monoisotopic (exact) mass is 268 g/mol. The number of fused-ring (bicyclic) bond motifs is 1. The third kappa shape index (κ3) is 2.51. The fourth-order valence-electron chi connectivity index (χ4n) is 2.41. The highest BCUT2D eigenvalue weighted by molar-refractivity contribution is 5.92. The molecule has 1 heterocycles. The van der Waals surface area contributed by atoms with E-state index in [9.17, 15) is 4.79 Å². The fraction of sp³-hybridized carbons (Fsp3) is 0.188. The molecule has 0 fully saturated rings. The maximum atomic E-state index is 11.2. The predicted molar refractivity (Wildman–Crippen MR) is 76.5 cm³/mol. The lowest BCUT2D eigenvalue weighted by atomic mass is 10.1. The van der Waals surface area contributed by atoms with Crippen LogP contribution in [0.4, 0.5) is 0 Å². The second-order valence-corrected chi connectivity index (χ2v) is 4.85. The zero-order chi connectivity index (χ0) is 13.9. The lowest BCUT2D eigenvalue weighted by Gasteiger charge is -2.12. The van der Waals surface area contributed by atoms with E-state index in [1.165, 1.54) is 5.56 Å². The van der Waals surface area contributed by atoms with Gasteiger partial charge in [0.2, 0.25) is 5.91 Å². The smallest absolute Gasteiger partial charge is 0.248 e. The summed E-state index contributed by atoms with van der Waals surface area (Å²) in [7, 11) is 0. The number of carbonyl (C=O) groups is 1. The van der Waals surface area contributed by atoms with Crippen LogP contribution in [-0.4, -0.2) is 12.5 Å². The van der Waals surface area contributed by atoms with Gasteiger partial charge >= 0.3 is 0 Å². The summed E-state index contributed by atoms with van der Waals surface area (Å²) in [4.78, 5) is 11.2. The number of hydrogen-bond acceptors (Lipinski definition) is 3.